The summed E-state index contributed by atoms with van der Waals surface area (Å²) in [5.41, 5.74) is 2.88. The molecule has 0 bridgehead atoms. The summed E-state index contributed by atoms with van der Waals surface area (Å²) in [5.74, 6) is 0.252. The molecule has 0 radical (unpaired) electrons. The van der Waals surface area contributed by atoms with Gasteiger partial charge in [0, 0.05) is 11.3 Å². The van der Waals surface area contributed by atoms with Gasteiger partial charge >= 0.3 is 0 Å². The van der Waals surface area contributed by atoms with Crippen LogP contribution in [0.15, 0.2) is 46.9 Å². The van der Waals surface area contributed by atoms with Crippen LogP contribution in [0.3, 0.4) is 0 Å². The molecule has 3 aromatic rings. The van der Waals surface area contributed by atoms with Crippen molar-refractivity contribution in [3.8, 4) is 17.5 Å². The van der Waals surface area contributed by atoms with Crippen molar-refractivity contribution in [2.75, 3.05) is 11.9 Å². The van der Waals surface area contributed by atoms with Crippen LogP contribution in [0, 0.1) is 11.3 Å². The lowest BCUT2D eigenvalue weighted by Crippen LogP contribution is -2.27. The Morgan fingerprint density at radius 2 is 1.96 bits per heavy atom. The highest BCUT2D eigenvalue weighted by Crippen LogP contribution is 2.26. The number of rotatable bonds is 4. The number of aromatic nitrogens is 1. The van der Waals surface area contributed by atoms with Crippen molar-refractivity contribution < 1.29 is 13.9 Å². The summed E-state index contributed by atoms with van der Waals surface area (Å²) < 4.78 is 11.2. The molecule has 0 saturated carbocycles. The van der Waals surface area contributed by atoms with E-state index >= 15 is 0 Å². The van der Waals surface area contributed by atoms with E-state index in [4.69, 9.17) is 14.4 Å². The molecule has 0 unspecified atom stereocenters. The number of hydrogen-bond donors (Lipinski definition) is 1. The number of hydrogen-bond acceptors (Lipinski definition) is 5. The zero-order valence-corrected chi connectivity index (χ0v) is 14.9. The molecule has 1 aromatic heterocycles. The van der Waals surface area contributed by atoms with Crippen LogP contribution in [0.25, 0.3) is 22.6 Å². The maximum Gasteiger partial charge on any atom is 0.250 e. The number of nitriles is 1. The Morgan fingerprint density at radius 3 is 2.62 bits per heavy atom. The largest absolute Gasteiger partial charge is 0.436 e. The molecule has 1 N–H and O–H groups in total. The number of carbonyl (C=O) groups excluding carboxylic acids is 1. The van der Waals surface area contributed by atoms with Crippen molar-refractivity contribution >= 4 is 22.7 Å². The highest BCUT2D eigenvalue weighted by molar-refractivity contribution is 5.92. The zero-order valence-electron chi connectivity index (χ0n) is 14.9. The van der Waals surface area contributed by atoms with Crippen LogP contribution >= 0.6 is 0 Å². The van der Waals surface area contributed by atoms with E-state index in [1.807, 2.05) is 32.9 Å². The van der Waals surface area contributed by atoms with E-state index in [-0.39, 0.29) is 18.1 Å². The third-order valence-electron chi connectivity index (χ3n) is 3.57. The third kappa shape index (κ3) is 4.26. The van der Waals surface area contributed by atoms with Gasteiger partial charge in [-0.1, -0.05) is 0 Å². The Hall–Kier alpha value is -3.17. The Balaban J connectivity index is 1.71. The molecule has 6 heteroatoms. The van der Waals surface area contributed by atoms with Gasteiger partial charge in [0.15, 0.2) is 5.58 Å². The van der Waals surface area contributed by atoms with Crippen LogP contribution in [0.4, 0.5) is 5.69 Å². The van der Waals surface area contributed by atoms with Crippen LogP contribution in [-0.2, 0) is 9.53 Å². The Bertz CT molecular complexity index is 976. The number of carbonyl (C=O) groups is 1. The van der Waals surface area contributed by atoms with E-state index < -0.39 is 0 Å². The van der Waals surface area contributed by atoms with Crippen molar-refractivity contribution in [2.45, 2.75) is 26.4 Å². The maximum atomic E-state index is 11.9. The SMILES string of the molecule is CC(C)(C)OCC(=O)Nc1ccc(-c2nc3cc(C#N)ccc3o2)cc1. The number of benzene rings is 2. The lowest BCUT2D eigenvalue weighted by molar-refractivity contribution is -0.125. The summed E-state index contributed by atoms with van der Waals surface area (Å²) in [6, 6.07) is 14.4. The first kappa shape index (κ1) is 17.6. The van der Waals surface area contributed by atoms with Crippen molar-refractivity contribution in [3.63, 3.8) is 0 Å². The molecule has 132 valence electrons. The first-order valence-corrected chi connectivity index (χ1v) is 8.19. The van der Waals surface area contributed by atoms with Crippen molar-refractivity contribution in [3.05, 3.63) is 48.0 Å². The second kappa shape index (κ2) is 6.98. The third-order valence-corrected chi connectivity index (χ3v) is 3.57. The molecule has 26 heavy (non-hydrogen) atoms. The topological polar surface area (TPSA) is 88.1 Å². The number of amides is 1. The van der Waals surface area contributed by atoms with Gasteiger partial charge in [0.2, 0.25) is 11.8 Å². The van der Waals surface area contributed by atoms with Gasteiger partial charge in [-0.25, -0.2) is 4.98 Å². The Kier molecular flexibility index (Phi) is 4.74. The summed E-state index contributed by atoms with van der Waals surface area (Å²) >= 11 is 0. The molecule has 1 heterocycles. The quantitative estimate of drug-likeness (QED) is 0.765. The highest BCUT2D eigenvalue weighted by Gasteiger charge is 2.13. The standard InChI is InChI=1S/C20H19N3O3/c1-20(2,3)25-12-18(24)22-15-7-5-14(6-8-15)19-23-16-10-13(11-21)4-9-17(16)26-19/h4-10H,12H2,1-3H3,(H,22,24). The second-order valence-electron chi connectivity index (χ2n) is 6.84. The fraction of sp³-hybridized carbons (Fsp3) is 0.250. The fourth-order valence-corrected chi connectivity index (χ4v) is 2.30. The predicted molar refractivity (Wildman–Crippen MR) is 98.5 cm³/mol. The number of oxazole rings is 1. The number of ether oxygens (including phenoxy) is 1. The lowest BCUT2D eigenvalue weighted by Gasteiger charge is -2.19. The average Bonchev–Trinajstić information content (AvgIpc) is 3.03. The van der Waals surface area contributed by atoms with Gasteiger partial charge in [0.1, 0.15) is 12.1 Å². The summed E-state index contributed by atoms with van der Waals surface area (Å²) in [6.45, 7) is 5.69. The normalized spacial score (nSPS) is 11.3. The number of nitrogens with one attached hydrogen (secondary N) is 1. The molecule has 0 atom stereocenters. The van der Waals surface area contributed by atoms with Gasteiger partial charge < -0.3 is 14.5 Å². The first-order chi connectivity index (χ1) is 12.3. The molecule has 3 rings (SSSR count). The first-order valence-electron chi connectivity index (χ1n) is 8.19. The van der Waals surface area contributed by atoms with Crippen LogP contribution in [0.5, 0.6) is 0 Å². The van der Waals surface area contributed by atoms with Crippen molar-refractivity contribution in [1.82, 2.24) is 4.98 Å². The Morgan fingerprint density at radius 1 is 1.23 bits per heavy atom. The van der Waals surface area contributed by atoms with E-state index in [1.54, 1.807) is 30.3 Å². The number of fused-ring (bicyclic) bond motifs is 1. The van der Waals surface area contributed by atoms with Crippen LogP contribution in [0.2, 0.25) is 0 Å². The van der Waals surface area contributed by atoms with E-state index in [1.165, 1.54) is 0 Å². The van der Waals surface area contributed by atoms with Crippen LogP contribution in [-0.4, -0.2) is 23.1 Å². The van der Waals surface area contributed by atoms with Gasteiger partial charge in [-0.05, 0) is 63.2 Å². The smallest absolute Gasteiger partial charge is 0.250 e. The van der Waals surface area contributed by atoms with Gasteiger partial charge in [-0.15, -0.1) is 0 Å². The van der Waals surface area contributed by atoms with Crippen LogP contribution < -0.4 is 5.32 Å². The molecular weight excluding hydrogens is 330 g/mol. The number of anilines is 1. The Labute approximate surface area is 151 Å². The molecular formula is C20H19N3O3. The summed E-state index contributed by atoms with van der Waals surface area (Å²) in [6.07, 6.45) is 0. The lowest BCUT2D eigenvalue weighted by atomic mass is 10.2. The molecule has 0 aliphatic heterocycles. The number of nitrogens with zero attached hydrogens (tertiary/aromatic N) is 2. The molecule has 0 aliphatic carbocycles. The van der Waals surface area contributed by atoms with E-state index in [0.29, 0.717) is 28.2 Å². The minimum Gasteiger partial charge on any atom is -0.436 e. The van der Waals surface area contributed by atoms with Gasteiger partial charge in [-0.2, -0.15) is 5.26 Å². The van der Waals surface area contributed by atoms with Crippen molar-refractivity contribution in [1.29, 1.82) is 5.26 Å². The molecule has 6 nitrogen and oxygen atoms in total. The highest BCUT2D eigenvalue weighted by atomic mass is 16.5. The summed E-state index contributed by atoms with van der Waals surface area (Å²) in [4.78, 5) is 16.3. The summed E-state index contributed by atoms with van der Waals surface area (Å²) in [7, 11) is 0. The zero-order chi connectivity index (χ0) is 18.7. The minimum absolute atomic E-state index is 0.00237. The predicted octanol–water partition coefficient (Wildman–Crippen LogP) is 4.12. The molecule has 0 saturated heterocycles. The maximum absolute atomic E-state index is 11.9. The van der Waals surface area contributed by atoms with Gasteiger partial charge in [0.25, 0.3) is 0 Å². The van der Waals surface area contributed by atoms with Gasteiger partial charge in [0.05, 0.1) is 17.2 Å². The van der Waals surface area contributed by atoms with Crippen molar-refractivity contribution in [2.24, 2.45) is 0 Å². The van der Waals surface area contributed by atoms with E-state index in [9.17, 15) is 4.79 Å². The molecule has 0 spiro atoms. The molecule has 0 aliphatic rings. The van der Waals surface area contributed by atoms with Gasteiger partial charge in [-0.3, -0.25) is 4.79 Å². The van der Waals surface area contributed by atoms with Crippen LogP contribution in [0.1, 0.15) is 26.3 Å². The second-order valence-corrected chi connectivity index (χ2v) is 6.84. The average molecular weight is 349 g/mol. The summed E-state index contributed by atoms with van der Waals surface area (Å²) in [5, 5.41) is 11.7. The molecule has 2 aromatic carbocycles. The monoisotopic (exact) mass is 349 g/mol. The molecule has 0 fully saturated rings. The molecule has 1 amide bonds. The van der Waals surface area contributed by atoms with E-state index in [0.717, 1.165) is 5.56 Å². The van der Waals surface area contributed by atoms with E-state index in [2.05, 4.69) is 16.4 Å². The minimum atomic E-state index is -0.362. The fourth-order valence-electron chi connectivity index (χ4n) is 2.30.